The third kappa shape index (κ3) is 3.59. The minimum absolute atomic E-state index is 0.00410. The number of rotatable bonds is 3. The van der Waals surface area contributed by atoms with Gasteiger partial charge in [0.1, 0.15) is 0 Å². The molecule has 0 bridgehead atoms. The number of carbonyl (C=O) groups is 1. The van der Waals surface area contributed by atoms with Crippen LogP contribution in [0.4, 0.5) is 13.2 Å². The summed E-state index contributed by atoms with van der Waals surface area (Å²) >= 11 is 0. The van der Waals surface area contributed by atoms with Gasteiger partial charge in [-0.3, -0.25) is 4.79 Å². The first-order chi connectivity index (χ1) is 7.90. The van der Waals surface area contributed by atoms with E-state index in [1.54, 1.807) is 11.8 Å². The molecule has 0 aromatic rings. The zero-order valence-corrected chi connectivity index (χ0v) is 10.1. The fourth-order valence-corrected chi connectivity index (χ4v) is 2.27. The van der Waals surface area contributed by atoms with E-state index in [-0.39, 0.29) is 5.91 Å². The summed E-state index contributed by atoms with van der Waals surface area (Å²) in [7, 11) is 1.09. The number of carbonyl (C=O) groups excluding carboxylic acids is 1. The van der Waals surface area contributed by atoms with Crippen LogP contribution < -0.4 is 0 Å². The van der Waals surface area contributed by atoms with Gasteiger partial charge in [-0.25, -0.2) is 0 Å². The molecule has 1 fully saturated rings. The van der Waals surface area contributed by atoms with E-state index in [1.807, 2.05) is 0 Å². The SMILES string of the molecule is CCC(=O)N1CCC(C(OC)C(F)(F)F)CC1. The summed E-state index contributed by atoms with van der Waals surface area (Å²) in [5.74, 6) is -0.537. The molecule has 0 N–H and O–H groups in total. The lowest BCUT2D eigenvalue weighted by molar-refractivity contribution is -0.231. The summed E-state index contributed by atoms with van der Waals surface area (Å²) in [5.41, 5.74) is 0. The van der Waals surface area contributed by atoms with Crippen LogP contribution in [-0.2, 0) is 9.53 Å². The average Bonchev–Trinajstić information content (AvgIpc) is 2.28. The molecule has 3 nitrogen and oxygen atoms in total. The molecule has 0 aliphatic carbocycles. The van der Waals surface area contributed by atoms with Crippen LogP contribution in [0.3, 0.4) is 0 Å². The summed E-state index contributed by atoms with van der Waals surface area (Å²) < 4.78 is 42.4. The topological polar surface area (TPSA) is 29.5 Å². The molecule has 6 heteroatoms. The lowest BCUT2D eigenvalue weighted by Gasteiger charge is -2.36. The van der Waals surface area contributed by atoms with Crippen LogP contribution in [0.25, 0.3) is 0 Å². The first-order valence-electron chi connectivity index (χ1n) is 5.77. The molecule has 0 radical (unpaired) electrons. The van der Waals surface area contributed by atoms with Gasteiger partial charge in [-0.05, 0) is 18.8 Å². The molecule has 0 aromatic heterocycles. The summed E-state index contributed by atoms with van der Waals surface area (Å²) in [6, 6.07) is 0. The smallest absolute Gasteiger partial charge is 0.372 e. The predicted molar refractivity (Wildman–Crippen MR) is 56.4 cm³/mol. The maximum Gasteiger partial charge on any atom is 0.414 e. The van der Waals surface area contributed by atoms with Crippen LogP contribution in [0.15, 0.2) is 0 Å². The highest BCUT2D eigenvalue weighted by atomic mass is 19.4. The van der Waals surface area contributed by atoms with E-state index in [1.165, 1.54) is 0 Å². The van der Waals surface area contributed by atoms with Crippen LogP contribution in [0, 0.1) is 5.92 Å². The number of halogens is 3. The van der Waals surface area contributed by atoms with Gasteiger partial charge in [0.05, 0.1) is 0 Å². The Morgan fingerprint density at radius 1 is 1.41 bits per heavy atom. The number of ether oxygens (including phenoxy) is 1. The van der Waals surface area contributed by atoms with Gasteiger partial charge in [-0.2, -0.15) is 13.2 Å². The number of hydrogen-bond acceptors (Lipinski definition) is 2. The van der Waals surface area contributed by atoms with E-state index in [0.29, 0.717) is 32.4 Å². The second-order valence-electron chi connectivity index (χ2n) is 4.27. The number of alkyl halides is 3. The Hall–Kier alpha value is -0.780. The molecule has 1 rings (SSSR count). The highest BCUT2D eigenvalue weighted by molar-refractivity contribution is 5.75. The third-order valence-corrected chi connectivity index (χ3v) is 3.20. The molecule has 17 heavy (non-hydrogen) atoms. The van der Waals surface area contributed by atoms with E-state index in [4.69, 9.17) is 0 Å². The monoisotopic (exact) mass is 253 g/mol. The second-order valence-corrected chi connectivity index (χ2v) is 4.27. The van der Waals surface area contributed by atoms with E-state index in [2.05, 4.69) is 4.74 Å². The summed E-state index contributed by atoms with van der Waals surface area (Å²) in [4.78, 5) is 13.0. The Morgan fingerprint density at radius 2 is 1.94 bits per heavy atom. The zero-order chi connectivity index (χ0) is 13.1. The number of methoxy groups -OCH3 is 1. The van der Waals surface area contributed by atoms with Crippen molar-refractivity contribution in [2.24, 2.45) is 5.92 Å². The molecule has 1 heterocycles. The largest absolute Gasteiger partial charge is 0.414 e. The van der Waals surface area contributed by atoms with Crippen LogP contribution >= 0.6 is 0 Å². The normalized spacial score (nSPS) is 20.4. The Morgan fingerprint density at radius 3 is 2.29 bits per heavy atom. The minimum Gasteiger partial charge on any atom is -0.372 e. The second kappa shape index (κ2) is 5.71. The fourth-order valence-electron chi connectivity index (χ4n) is 2.27. The first kappa shape index (κ1) is 14.3. The Kier molecular flexibility index (Phi) is 4.80. The van der Waals surface area contributed by atoms with Crippen molar-refractivity contribution in [3.63, 3.8) is 0 Å². The first-order valence-corrected chi connectivity index (χ1v) is 5.77. The highest BCUT2D eigenvalue weighted by Gasteiger charge is 2.45. The summed E-state index contributed by atoms with van der Waals surface area (Å²) in [5, 5.41) is 0. The number of hydrogen-bond donors (Lipinski definition) is 0. The molecule has 1 unspecified atom stereocenters. The Balaban J connectivity index is 2.53. The third-order valence-electron chi connectivity index (χ3n) is 3.20. The molecule has 1 aliphatic heterocycles. The molecule has 1 aliphatic rings. The van der Waals surface area contributed by atoms with Gasteiger partial charge in [-0.15, -0.1) is 0 Å². The quantitative estimate of drug-likeness (QED) is 0.771. The van der Waals surface area contributed by atoms with Crippen molar-refractivity contribution >= 4 is 5.91 Å². The van der Waals surface area contributed by atoms with E-state index in [0.717, 1.165) is 7.11 Å². The van der Waals surface area contributed by atoms with Crippen molar-refractivity contribution in [1.29, 1.82) is 0 Å². The van der Waals surface area contributed by atoms with Gasteiger partial charge >= 0.3 is 6.18 Å². The molecular formula is C11H18F3NO2. The number of piperidine rings is 1. The van der Waals surface area contributed by atoms with Gasteiger partial charge in [0.2, 0.25) is 5.91 Å². The summed E-state index contributed by atoms with van der Waals surface area (Å²) in [6.45, 7) is 2.54. The molecule has 1 amide bonds. The van der Waals surface area contributed by atoms with Crippen molar-refractivity contribution in [3.8, 4) is 0 Å². The Bertz CT molecular complexity index is 260. The van der Waals surface area contributed by atoms with Gasteiger partial charge in [-0.1, -0.05) is 6.92 Å². The molecule has 0 saturated carbocycles. The van der Waals surface area contributed by atoms with E-state index < -0.39 is 18.2 Å². The maximum atomic E-state index is 12.6. The molecule has 1 atom stereocenters. The van der Waals surface area contributed by atoms with Gasteiger partial charge in [0.15, 0.2) is 6.10 Å². The lowest BCUT2D eigenvalue weighted by atomic mass is 9.90. The van der Waals surface area contributed by atoms with Crippen LogP contribution in [0.2, 0.25) is 0 Å². The van der Waals surface area contributed by atoms with Crippen LogP contribution in [-0.4, -0.2) is 43.3 Å². The van der Waals surface area contributed by atoms with Crippen molar-refractivity contribution in [2.75, 3.05) is 20.2 Å². The van der Waals surface area contributed by atoms with Crippen molar-refractivity contribution < 1.29 is 22.7 Å². The molecule has 0 aromatic carbocycles. The van der Waals surface area contributed by atoms with Gasteiger partial charge < -0.3 is 9.64 Å². The van der Waals surface area contributed by atoms with E-state index >= 15 is 0 Å². The van der Waals surface area contributed by atoms with Gasteiger partial charge in [0, 0.05) is 26.6 Å². The summed E-state index contributed by atoms with van der Waals surface area (Å²) in [6.07, 6.45) is -4.93. The number of likely N-dealkylation sites (tertiary alicyclic amines) is 1. The van der Waals surface area contributed by atoms with Crippen molar-refractivity contribution in [3.05, 3.63) is 0 Å². The fraction of sp³-hybridized carbons (Fsp3) is 0.909. The van der Waals surface area contributed by atoms with Crippen molar-refractivity contribution in [1.82, 2.24) is 4.90 Å². The highest BCUT2D eigenvalue weighted by Crippen LogP contribution is 2.33. The van der Waals surface area contributed by atoms with Crippen LogP contribution in [0.5, 0.6) is 0 Å². The zero-order valence-electron chi connectivity index (χ0n) is 10.1. The average molecular weight is 253 g/mol. The van der Waals surface area contributed by atoms with Crippen molar-refractivity contribution in [2.45, 2.75) is 38.5 Å². The predicted octanol–water partition coefficient (Wildman–Crippen LogP) is 2.21. The molecular weight excluding hydrogens is 235 g/mol. The van der Waals surface area contributed by atoms with E-state index in [9.17, 15) is 18.0 Å². The molecule has 100 valence electrons. The number of amides is 1. The standard InChI is InChI=1S/C11H18F3NO2/c1-3-9(16)15-6-4-8(5-7-15)10(17-2)11(12,13)14/h8,10H,3-7H2,1-2H3. The van der Waals surface area contributed by atoms with Gasteiger partial charge in [0.25, 0.3) is 0 Å². The maximum absolute atomic E-state index is 12.6. The molecule has 0 spiro atoms. The molecule has 1 saturated heterocycles. The van der Waals surface area contributed by atoms with Crippen LogP contribution in [0.1, 0.15) is 26.2 Å². The Labute approximate surface area is 98.9 Å². The lowest BCUT2D eigenvalue weighted by Crippen LogP contribution is -2.45. The minimum atomic E-state index is -4.32. The number of nitrogens with zero attached hydrogens (tertiary/aromatic N) is 1.